The van der Waals surface area contributed by atoms with Crippen molar-refractivity contribution in [3.05, 3.63) is 42.6 Å². The first kappa shape index (κ1) is 10.6. The second-order valence-corrected chi connectivity index (χ2v) is 3.51. The molecule has 0 saturated heterocycles. The third-order valence-electron chi connectivity index (χ3n) is 2.52. The van der Waals surface area contributed by atoms with Gasteiger partial charge in [-0.15, -0.1) is 0 Å². The van der Waals surface area contributed by atoms with Gasteiger partial charge in [0, 0.05) is 16.8 Å². The van der Waals surface area contributed by atoms with Crippen LogP contribution in [0.2, 0.25) is 0 Å². The molecule has 0 aliphatic rings. The molecule has 16 heavy (non-hydrogen) atoms. The van der Waals surface area contributed by atoms with Crippen LogP contribution < -0.4 is 23.1 Å². The molecule has 0 saturated carbocycles. The van der Waals surface area contributed by atoms with Crippen molar-refractivity contribution in [2.45, 2.75) is 0 Å². The largest absolute Gasteiger partial charge is 1.00 e. The molecule has 2 aromatic heterocycles. The number of hydrogen-bond acceptors (Lipinski definition) is 2. The molecule has 0 aliphatic heterocycles. The summed E-state index contributed by atoms with van der Waals surface area (Å²) in [5.74, 6) is 0.548. The standard InChI is InChI=1S/C12H9N3.ClH/c13-10-6-5-9-4-3-8-2-1-7-14-11(8)12(9)15-10;/h1-7H,(H2,13,15);1H. The highest BCUT2D eigenvalue weighted by atomic mass is 35.5. The molecule has 3 nitrogen and oxygen atoms in total. The van der Waals surface area contributed by atoms with Crippen molar-refractivity contribution < 1.29 is 17.4 Å². The summed E-state index contributed by atoms with van der Waals surface area (Å²) >= 11 is 0. The van der Waals surface area contributed by atoms with Crippen LogP contribution in [0.15, 0.2) is 42.6 Å². The zero-order valence-electron chi connectivity index (χ0n) is 8.44. The Labute approximate surface area is 98.7 Å². The van der Waals surface area contributed by atoms with Crippen molar-refractivity contribution in [2.75, 3.05) is 5.73 Å². The number of nitrogen functional groups attached to an aromatic ring is 1. The highest BCUT2D eigenvalue weighted by Gasteiger charge is 2.06. The Bertz CT molecular complexity index is 652. The van der Waals surface area contributed by atoms with E-state index in [4.69, 9.17) is 5.73 Å². The normalized spacial score (nSPS) is 10.2. The van der Waals surface area contributed by atoms with Crippen LogP contribution >= 0.6 is 0 Å². The van der Waals surface area contributed by atoms with Crippen LogP contribution in [0, 0.1) is 0 Å². The van der Waals surface area contributed by atoms with Crippen LogP contribution in [0.5, 0.6) is 0 Å². The first-order valence-corrected chi connectivity index (χ1v) is 4.80. The van der Waals surface area contributed by atoms with Gasteiger partial charge >= 0.3 is 0 Å². The summed E-state index contributed by atoms with van der Waals surface area (Å²) in [6.45, 7) is 0. The van der Waals surface area contributed by atoms with Gasteiger partial charge in [0.25, 0.3) is 0 Å². The van der Waals surface area contributed by atoms with Crippen LogP contribution in [0.25, 0.3) is 21.8 Å². The molecule has 0 radical (unpaired) electrons. The van der Waals surface area contributed by atoms with Gasteiger partial charge in [0.15, 0.2) is 6.20 Å². The number of halogens is 1. The monoisotopic (exact) mass is 231 g/mol. The molecule has 0 atom stereocenters. The Morgan fingerprint density at radius 1 is 1.00 bits per heavy atom. The first-order valence-electron chi connectivity index (χ1n) is 4.80. The van der Waals surface area contributed by atoms with Crippen molar-refractivity contribution in [1.29, 1.82) is 0 Å². The minimum Gasteiger partial charge on any atom is -1.00 e. The van der Waals surface area contributed by atoms with Crippen molar-refractivity contribution in [3.63, 3.8) is 0 Å². The Morgan fingerprint density at radius 2 is 1.75 bits per heavy atom. The van der Waals surface area contributed by atoms with Crippen LogP contribution in [0.4, 0.5) is 5.82 Å². The fraction of sp³-hybridized carbons (Fsp3) is 0. The molecule has 0 bridgehead atoms. The molecule has 2 heterocycles. The molecule has 4 heteroatoms. The van der Waals surface area contributed by atoms with E-state index in [1.54, 1.807) is 0 Å². The van der Waals surface area contributed by atoms with E-state index < -0.39 is 0 Å². The van der Waals surface area contributed by atoms with Gasteiger partial charge in [-0.3, -0.25) is 0 Å². The highest BCUT2D eigenvalue weighted by Crippen LogP contribution is 2.20. The fourth-order valence-electron chi connectivity index (χ4n) is 1.79. The molecule has 3 N–H and O–H groups in total. The number of aromatic amines is 1. The zero-order valence-corrected chi connectivity index (χ0v) is 9.20. The van der Waals surface area contributed by atoms with Gasteiger partial charge < -0.3 is 18.1 Å². The molecule has 80 valence electrons. The van der Waals surface area contributed by atoms with E-state index in [1.165, 1.54) is 0 Å². The second-order valence-electron chi connectivity index (χ2n) is 3.51. The van der Waals surface area contributed by atoms with Gasteiger partial charge in [-0.25, -0.2) is 9.97 Å². The summed E-state index contributed by atoms with van der Waals surface area (Å²) < 4.78 is 0. The average molecular weight is 232 g/mol. The van der Waals surface area contributed by atoms with E-state index >= 15 is 0 Å². The maximum absolute atomic E-state index is 5.69. The maximum atomic E-state index is 5.69. The molecule has 0 aliphatic carbocycles. The van der Waals surface area contributed by atoms with Crippen LogP contribution in [0.3, 0.4) is 0 Å². The average Bonchev–Trinajstić information content (AvgIpc) is 2.29. The number of fused-ring (bicyclic) bond motifs is 3. The summed E-state index contributed by atoms with van der Waals surface area (Å²) in [7, 11) is 0. The Morgan fingerprint density at radius 3 is 2.62 bits per heavy atom. The third kappa shape index (κ3) is 1.55. The lowest BCUT2D eigenvalue weighted by Crippen LogP contribution is -3.00. The smallest absolute Gasteiger partial charge is 0.237 e. The number of benzene rings is 1. The van der Waals surface area contributed by atoms with Gasteiger partial charge in [-0.05, 0) is 24.3 Å². The van der Waals surface area contributed by atoms with Gasteiger partial charge in [0.2, 0.25) is 5.52 Å². The third-order valence-corrected chi connectivity index (χ3v) is 2.52. The van der Waals surface area contributed by atoms with Gasteiger partial charge in [-0.1, -0.05) is 6.07 Å². The minimum atomic E-state index is 0. The SMILES string of the molecule is Nc1ccc2ccc3ccc[nH+]c3c2n1.[Cl-]. The van der Waals surface area contributed by atoms with Crippen molar-refractivity contribution >= 4 is 27.6 Å². The Hall–Kier alpha value is -1.87. The second kappa shape index (κ2) is 3.94. The Balaban J connectivity index is 0.000000963. The number of rotatable bonds is 0. The van der Waals surface area contributed by atoms with Gasteiger partial charge in [-0.2, -0.15) is 0 Å². The van der Waals surface area contributed by atoms with Crippen LogP contribution in [-0.2, 0) is 0 Å². The fourth-order valence-corrected chi connectivity index (χ4v) is 1.79. The maximum Gasteiger partial charge on any atom is 0.237 e. The van der Waals surface area contributed by atoms with E-state index in [1.807, 2.05) is 24.4 Å². The molecular formula is C12H10ClN3. The zero-order chi connectivity index (χ0) is 10.3. The molecule has 0 amide bonds. The van der Waals surface area contributed by atoms with Crippen molar-refractivity contribution in [2.24, 2.45) is 0 Å². The number of nitrogens with zero attached hydrogens (tertiary/aromatic N) is 1. The molecule has 3 rings (SSSR count). The lowest BCUT2D eigenvalue weighted by Gasteiger charge is -1.98. The number of nitrogens with one attached hydrogen (secondary N) is 1. The molecule has 0 spiro atoms. The van der Waals surface area contributed by atoms with E-state index in [-0.39, 0.29) is 12.4 Å². The number of anilines is 1. The predicted molar refractivity (Wildman–Crippen MR) is 60.2 cm³/mol. The first-order chi connectivity index (χ1) is 7.34. The summed E-state index contributed by atoms with van der Waals surface area (Å²) in [5.41, 5.74) is 7.64. The number of aromatic nitrogens is 2. The number of H-pyrrole nitrogens is 1. The van der Waals surface area contributed by atoms with E-state index in [0.29, 0.717) is 5.82 Å². The summed E-state index contributed by atoms with van der Waals surface area (Å²) in [6.07, 6.45) is 1.90. The van der Waals surface area contributed by atoms with Crippen LogP contribution in [-0.4, -0.2) is 4.98 Å². The summed E-state index contributed by atoms with van der Waals surface area (Å²) in [5, 5.41) is 2.24. The van der Waals surface area contributed by atoms with E-state index in [0.717, 1.165) is 21.8 Å². The van der Waals surface area contributed by atoms with Gasteiger partial charge in [0.05, 0.1) is 0 Å². The lowest BCUT2D eigenvalue weighted by atomic mass is 10.1. The predicted octanol–water partition coefficient (Wildman–Crippen LogP) is -1.21. The molecule has 0 fully saturated rings. The Kier molecular flexibility index (Phi) is 2.62. The number of nitrogens with two attached hydrogens (primary N) is 1. The van der Waals surface area contributed by atoms with Crippen molar-refractivity contribution in [3.8, 4) is 0 Å². The van der Waals surface area contributed by atoms with E-state index in [9.17, 15) is 0 Å². The van der Waals surface area contributed by atoms with E-state index in [2.05, 4.69) is 28.2 Å². The van der Waals surface area contributed by atoms with Crippen LogP contribution in [0.1, 0.15) is 0 Å². The minimum absolute atomic E-state index is 0. The highest BCUT2D eigenvalue weighted by molar-refractivity contribution is 6.01. The number of pyridine rings is 2. The molecule has 3 aromatic rings. The quantitative estimate of drug-likeness (QED) is 0.494. The molecular weight excluding hydrogens is 222 g/mol. The lowest BCUT2D eigenvalue weighted by molar-refractivity contribution is -0.343. The summed E-state index contributed by atoms with van der Waals surface area (Å²) in [4.78, 5) is 7.55. The topological polar surface area (TPSA) is 53.0 Å². The van der Waals surface area contributed by atoms with Gasteiger partial charge in [0.1, 0.15) is 11.3 Å². The number of hydrogen-bond donors (Lipinski definition) is 1. The molecule has 0 unspecified atom stereocenters. The summed E-state index contributed by atoms with van der Waals surface area (Å²) in [6, 6.07) is 12.0. The van der Waals surface area contributed by atoms with Crippen molar-refractivity contribution in [1.82, 2.24) is 4.98 Å². The molecule has 1 aromatic carbocycles.